The summed E-state index contributed by atoms with van der Waals surface area (Å²) in [4.78, 5) is 6.90. The Morgan fingerprint density at radius 2 is 1.93 bits per heavy atom. The van der Waals surface area contributed by atoms with Crippen LogP contribution < -0.4 is 10.6 Å². The number of methoxy groups -OCH3 is 1. The van der Waals surface area contributed by atoms with E-state index in [0.29, 0.717) is 17.6 Å². The Bertz CT molecular complexity index is 775. The number of halogens is 1. The standard InChI is InChI=1S/C23H31ClN4O/c1-25-23(26-16-22(29-2)19-9-6-10-20(24)15-19)27-21-11-13-28(14-12-21)17-18-7-4-3-5-8-18/h3-10,15,21-22H,11-14,16-17H2,1-2H3,(H2,25,26,27). The molecule has 2 N–H and O–H groups in total. The molecule has 0 spiro atoms. The quantitative estimate of drug-likeness (QED) is 0.533. The molecule has 1 unspecified atom stereocenters. The van der Waals surface area contributed by atoms with Gasteiger partial charge in [-0.05, 0) is 36.1 Å². The third-order valence-corrected chi connectivity index (χ3v) is 5.60. The summed E-state index contributed by atoms with van der Waals surface area (Å²) < 4.78 is 5.64. The number of benzene rings is 2. The molecule has 1 saturated heterocycles. The smallest absolute Gasteiger partial charge is 0.191 e. The van der Waals surface area contributed by atoms with E-state index in [1.54, 1.807) is 14.2 Å². The van der Waals surface area contributed by atoms with Crippen LogP contribution in [0, 0.1) is 0 Å². The monoisotopic (exact) mass is 414 g/mol. The molecule has 0 bridgehead atoms. The van der Waals surface area contributed by atoms with Crippen molar-refractivity contribution in [3.63, 3.8) is 0 Å². The second-order valence-corrected chi connectivity index (χ2v) is 7.85. The molecule has 0 saturated carbocycles. The maximum absolute atomic E-state index is 6.11. The fourth-order valence-corrected chi connectivity index (χ4v) is 3.90. The summed E-state index contributed by atoms with van der Waals surface area (Å²) in [6.45, 7) is 3.83. The van der Waals surface area contributed by atoms with Crippen molar-refractivity contribution in [2.45, 2.75) is 31.5 Å². The van der Waals surface area contributed by atoms with Crippen molar-refractivity contribution in [1.82, 2.24) is 15.5 Å². The van der Waals surface area contributed by atoms with Gasteiger partial charge in [0.2, 0.25) is 0 Å². The van der Waals surface area contributed by atoms with Crippen LogP contribution in [0.15, 0.2) is 59.6 Å². The zero-order valence-electron chi connectivity index (χ0n) is 17.3. The summed E-state index contributed by atoms with van der Waals surface area (Å²) in [5.41, 5.74) is 2.43. The largest absolute Gasteiger partial charge is 0.375 e. The predicted octanol–water partition coefficient (Wildman–Crippen LogP) is 3.86. The average Bonchev–Trinajstić information content (AvgIpc) is 2.75. The highest BCUT2D eigenvalue weighted by atomic mass is 35.5. The van der Waals surface area contributed by atoms with Gasteiger partial charge in [0.1, 0.15) is 0 Å². The normalized spacial score (nSPS) is 17.1. The number of nitrogens with one attached hydrogen (secondary N) is 2. The van der Waals surface area contributed by atoms with Crippen LogP contribution in [0.4, 0.5) is 0 Å². The molecule has 3 rings (SSSR count). The first-order chi connectivity index (χ1) is 14.2. The third-order valence-electron chi connectivity index (χ3n) is 5.36. The number of hydrogen-bond acceptors (Lipinski definition) is 3. The van der Waals surface area contributed by atoms with Crippen molar-refractivity contribution in [3.8, 4) is 0 Å². The third kappa shape index (κ3) is 6.74. The Morgan fingerprint density at radius 1 is 1.17 bits per heavy atom. The zero-order chi connectivity index (χ0) is 20.5. The average molecular weight is 415 g/mol. The molecule has 156 valence electrons. The van der Waals surface area contributed by atoms with Gasteiger partial charge in [0.05, 0.1) is 6.10 Å². The number of likely N-dealkylation sites (tertiary alicyclic amines) is 1. The van der Waals surface area contributed by atoms with Gasteiger partial charge < -0.3 is 15.4 Å². The Kier molecular flexibility index (Phi) is 8.35. The molecule has 0 aliphatic carbocycles. The van der Waals surface area contributed by atoms with E-state index in [-0.39, 0.29) is 6.10 Å². The Hall–Kier alpha value is -2.08. The molecule has 0 radical (unpaired) electrons. The van der Waals surface area contributed by atoms with Crippen LogP contribution in [0.3, 0.4) is 0 Å². The summed E-state index contributed by atoms with van der Waals surface area (Å²) in [6, 6.07) is 18.9. The summed E-state index contributed by atoms with van der Waals surface area (Å²) in [5, 5.41) is 7.67. The van der Waals surface area contributed by atoms with E-state index < -0.39 is 0 Å². The molecule has 29 heavy (non-hydrogen) atoms. The van der Waals surface area contributed by atoms with Crippen molar-refractivity contribution in [2.24, 2.45) is 4.99 Å². The second kappa shape index (κ2) is 11.2. The lowest BCUT2D eigenvalue weighted by Crippen LogP contribution is -2.49. The molecule has 1 aliphatic rings. The van der Waals surface area contributed by atoms with Crippen LogP contribution in [0.1, 0.15) is 30.1 Å². The van der Waals surface area contributed by atoms with Gasteiger partial charge in [-0.2, -0.15) is 0 Å². The van der Waals surface area contributed by atoms with Gasteiger partial charge in [0.25, 0.3) is 0 Å². The molecule has 5 nitrogen and oxygen atoms in total. The molecule has 2 aromatic rings. The van der Waals surface area contributed by atoms with E-state index in [9.17, 15) is 0 Å². The van der Waals surface area contributed by atoms with E-state index in [1.807, 2.05) is 24.3 Å². The van der Waals surface area contributed by atoms with E-state index in [2.05, 4.69) is 50.9 Å². The number of ether oxygens (including phenoxy) is 1. The minimum atomic E-state index is -0.0834. The SMILES string of the molecule is CN=C(NCC(OC)c1cccc(Cl)c1)NC1CCN(Cc2ccccc2)CC1. The highest BCUT2D eigenvalue weighted by Gasteiger charge is 2.20. The first kappa shape index (κ1) is 21.6. The first-order valence-electron chi connectivity index (χ1n) is 10.2. The molecule has 1 atom stereocenters. The molecule has 2 aromatic carbocycles. The van der Waals surface area contributed by atoms with Gasteiger partial charge in [0.15, 0.2) is 5.96 Å². The summed E-state index contributed by atoms with van der Waals surface area (Å²) in [6.07, 6.45) is 2.13. The summed E-state index contributed by atoms with van der Waals surface area (Å²) in [5.74, 6) is 0.815. The Morgan fingerprint density at radius 3 is 2.59 bits per heavy atom. The Balaban J connectivity index is 1.44. The molecule has 1 fully saturated rings. The number of hydrogen-bond donors (Lipinski definition) is 2. The van der Waals surface area contributed by atoms with Gasteiger partial charge in [0, 0.05) is 51.4 Å². The van der Waals surface area contributed by atoms with Crippen molar-refractivity contribution in [1.29, 1.82) is 0 Å². The lowest BCUT2D eigenvalue weighted by Gasteiger charge is -2.33. The topological polar surface area (TPSA) is 48.9 Å². The van der Waals surface area contributed by atoms with Gasteiger partial charge in [-0.15, -0.1) is 0 Å². The molecule has 1 aliphatic heterocycles. The highest BCUT2D eigenvalue weighted by molar-refractivity contribution is 6.30. The van der Waals surface area contributed by atoms with Gasteiger partial charge in [-0.25, -0.2) is 0 Å². The summed E-state index contributed by atoms with van der Waals surface area (Å²) in [7, 11) is 3.52. The second-order valence-electron chi connectivity index (χ2n) is 7.41. The maximum Gasteiger partial charge on any atom is 0.191 e. The zero-order valence-corrected chi connectivity index (χ0v) is 18.0. The molecular formula is C23H31ClN4O. The number of rotatable bonds is 7. The van der Waals surface area contributed by atoms with E-state index in [4.69, 9.17) is 16.3 Å². The highest BCUT2D eigenvalue weighted by Crippen LogP contribution is 2.20. The number of nitrogens with zero attached hydrogens (tertiary/aromatic N) is 2. The number of aliphatic imine (C=N–C) groups is 1. The van der Waals surface area contributed by atoms with Crippen molar-refractivity contribution in [2.75, 3.05) is 33.8 Å². The Labute approximate surface area is 179 Å². The van der Waals surface area contributed by atoms with Crippen LogP contribution in [-0.2, 0) is 11.3 Å². The van der Waals surface area contributed by atoms with Gasteiger partial charge in [-0.3, -0.25) is 9.89 Å². The predicted molar refractivity (Wildman–Crippen MR) is 120 cm³/mol. The molecule has 0 amide bonds. The number of guanidine groups is 1. The minimum Gasteiger partial charge on any atom is -0.375 e. The lowest BCUT2D eigenvalue weighted by molar-refractivity contribution is 0.106. The van der Waals surface area contributed by atoms with Crippen LogP contribution in [0.25, 0.3) is 0 Å². The van der Waals surface area contributed by atoms with E-state index in [0.717, 1.165) is 44.0 Å². The lowest BCUT2D eigenvalue weighted by atomic mass is 10.0. The van der Waals surface area contributed by atoms with Gasteiger partial charge >= 0.3 is 0 Å². The summed E-state index contributed by atoms with van der Waals surface area (Å²) >= 11 is 6.11. The first-order valence-corrected chi connectivity index (χ1v) is 10.6. The minimum absolute atomic E-state index is 0.0834. The fraction of sp³-hybridized carbons (Fsp3) is 0.435. The van der Waals surface area contributed by atoms with E-state index in [1.165, 1.54) is 5.56 Å². The van der Waals surface area contributed by atoms with Crippen LogP contribution in [0.5, 0.6) is 0 Å². The van der Waals surface area contributed by atoms with Crippen LogP contribution >= 0.6 is 11.6 Å². The van der Waals surface area contributed by atoms with Crippen LogP contribution in [-0.4, -0.2) is 50.7 Å². The van der Waals surface area contributed by atoms with Gasteiger partial charge in [-0.1, -0.05) is 54.1 Å². The van der Waals surface area contributed by atoms with Crippen molar-refractivity contribution < 1.29 is 4.74 Å². The molecule has 0 aromatic heterocycles. The maximum atomic E-state index is 6.11. The van der Waals surface area contributed by atoms with E-state index >= 15 is 0 Å². The molecule has 1 heterocycles. The molecule has 6 heteroatoms. The fourth-order valence-electron chi connectivity index (χ4n) is 3.70. The molecular weight excluding hydrogens is 384 g/mol. The van der Waals surface area contributed by atoms with Crippen LogP contribution in [0.2, 0.25) is 5.02 Å². The van der Waals surface area contributed by atoms with Crippen molar-refractivity contribution >= 4 is 17.6 Å². The van der Waals surface area contributed by atoms with Crippen molar-refractivity contribution in [3.05, 3.63) is 70.7 Å². The number of piperidine rings is 1.